The van der Waals surface area contributed by atoms with Crippen LogP contribution in [-0.2, 0) is 0 Å². The predicted molar refractivity (Wildman–Crippen MR) is 71.5 cm³/mol. The summed E-state index contributed by atoms with van der Waals surface area (Å²) in [5.41, 5.74) is 6.30. The van der Waals surface area contributed by atoms with E-state index in [-0.39, 0.29) is 0 Å². The molecule has 0 aromatic rings. The highest BCUT2D eigenvalue weighted by Gasteiger charge is 2.31. The van der Waals surface area contributed by atoms with Crippen LogP contribution in [0.1, 0.15) is 53.4 Å². The number of likely N-dealkylation sites (tertiary alicyclic amines) is 1. The topological polar surface area (TPSA) is 29.3 Å². The molecule has 0 saturated carbocycles. The first-order chi connectivity index (χ1) is 7.60. The third-order valence-electron chi connectivity index (χ3n) is 4.20. The van der Waals surface area contributed by atoms with E-state index in [0.717, 1.165) is 11.8 Å². The van der Waals surface area contributed by atoms with Gasteiger partial charge in [0.25, 0.3) is 0 Å². The van der Waals surface area contributed by atoms with Crippen molar-refractivity contribution >= 4 is 0 Å². The van der Waals surface area contributed by atoms with E-state index in [1.165, 1.54) is 38.8 Å². The standard InChI is InChI=1S/C14H30N2/c1-5-7-13(15)14(6-2)16-9-8-12(10-16)11(3)4/h11-14H,5-10,15H2,1-4H3. The molecule has 1 aliphatic heterocycles. The van der Waals surface area contributed by atoms with Gasteiger partial charge < -0.3 is 5.73 Å². The van der Waals surface area contributed by atoms with Crippen LogP contribution in [0, 0.1) is 11.8 Å². The molecular weight excluding hydrogens is 196 g/mol. The Labute approximate surface area is 102 Å². The minimum atomic E-state index is 0.376. The van der Waals surface area contributed by atoms with Crippen molar-refractivity contribution in [3.05, 3.63) is 0 Å². The first-order valence-corrected chi connectivity index (χ1v) is 7.09. The Morgan fingerprint density at radius 3 is 2.44 bits per heavy atom. The minimum absolute atomic E-state index is 0.376. The zero-order chi connectivity index (χ0) is 12.1. The largest absolute Gasteiger partial charge is 0.326 e. The molecule has 3 atom stereocenters. The van der Waals surface area contributed by atoms with Gasteiger partial charge in [0.2, 0.25) is 0 Å². The first-order valence-electron chi connectivity index (χ1n) is 7.09. The minimum Gasteiger partial charge on any atom is -0.326 e. The van der Waals surface area contributed by atoms with E-state index >= 15 is 0 Å². The maximum atomic E-state index is 6.30. The summed E-state index contributed by atoms with van der Waals surface area (Å²) in [6.45, 7) is 11.7. The highest BCUT2D eigenvalue weighted by molar-refractivity contribution is 4.87. The van der Waals surface area contributed by atoms with Crippen LogP contribution in [0.4, 0.5) is 0 Å². The highest BCUT2D eigenvalue weighted by Crippen LogP contribution is 2.27. The Balaban J connectivity index is 2.49. The molecule has 0 amide bonds. The van der Waals surface area contributed by atoms with Gasteiger partial charge in [-0.25, -0.2) is 0 Å². The molecule has 1 aliphatic rings. The van der Waals surface area contributed by atoms with Crippen molar-refractivity contribution in [3.8, 4) is 0 Å². The quantitative estimate of drug-likeness (QED) is 0.754. The van der Waals surface area contributed by atoms with Crippen LogP contribution in [-0.4, -0.2) is 30.1 Å². The van der Waals surface area contributed by atoms with Gasteiger partial charge in [-0.2, -0.15) is 0 Å². The van der Waals surface area contributed by atoms with Crippen LogP contribution in [0.3, 0.4) is 0 Å². The van der Waals surface area contributed by atoms with Crippen LogP contribution in [0.2, 0.25) is 0 Å². The van der Waals surface area contributed by atoms with Crippen molar-refractivity contribution < 1.29 is 0 Å². The van der Waals surface area contributed by atoms with Gasteiger partial charge in [0.15, 0.2) is 0 Å². The molecule has 0 aromatic heterocycles. The predicted octanol–water partition coefficient (Wildman–Crippen LogP) is 2.87. The van der Waals surface area contributed by atoms with Gasteiger partial charge in [-0.15, -0.1) is 0 Å². The van der Waals surface area contributed by atoms with Crippen molar-refractivity contribution in [2.45, 2.75) is 65.5 Å². The van der Waals surface area contributed by atoms with Crippen LogP contribution in [0.25, 0.3) is 0 Å². The summed E-state index contributed by atoms with van der Waals surface area (Å²) in [6, 6.07) is 0.990. The van der Waals surface area contributed by atoms with Gasteiger partial charge in [0.05, 0.1) is 0 Å². The molecular formula is C14H30N2. The lowest BCUT2D eigenvalue weighted by Gasteiger charge is -2.32. The van der Waals surface area contributed by atoms with Gasteiger partial charge >= 0.3 is 0 Å². The summed E-state index contributed by atoms with van der Waals surface area (Å²) in [7, 11) is 0. The molecule has 0 spiro atoms. The fraction of sp³-hybridized carbons (Fsp3) is 1.00. The van der Waals surface area contributed by atoms with Crippen LogP contribution < -0.4 is 5.73 Å². The monoisotopic (exact) mass is 226 g/mol. The second-order valence-electron chi connectivity index (χ2n) is 5.72. The van der Waals surface area contributed by atoms with Gasteiger partial charge in [-0.1, -0.05) is 34.1 Å². The summed E-state index contributed by atoms with van der Waals surface area (Å²) in [5, 5.41) is 0. The van der Waals surface area contributed by atoms with E-state index < -0.39 is 0 Å². The molecule has 2 N–H and O–H groups in total. The van der Waals surface area contributed by atoms with Crippen LogP contribution >= 0.6 is 0 Å². The lowest BCUT2D eigenvalue weighted by atomic mass is 9.95. The molecule has 0 aliphatic carbocycles. The van der Waals surface area contributed by atoms with Crippen molar-refractivity contribution in [1.82, 2.24) is 4.90 Å². The third kappa shape index (κ3) is 3.46. The average Bonchev–Trinajstić information content (AvgIpc) is 2.68. The molecule has 1 fully saturated rings. The van der Waals surface area contributed by atoms with Gasteiger partial charge in [-0.05, 0) is 37.6 Å². The number of hydrogen-bond donors (Lipinski definition) is 1. The Bertz CT molecular complexity index is 191. The molecule has 1 saturated heterocycles. The summed E-state index contributed by atoms with van der Waals surface area (Å²) < 4.78 is 0. The van der Waals surface area contributed by atoms with E-state index in [1.54, 1.807) is 0 Å². The van der Waals surface area contributed by atoms with E-state index in [9.17, 15) is 0 Å². The van der Waals surface area contributed by atoms with Gasteiger partial charge in [-0.3, -0.25) is 4.90 Å². The normalized spacial score (nSPS) is 26.2. The van der Waals surface area contributed by atoms with E-state index in [0.29, 0.717) is 12.1 Å². The molecule has 96 valence electrons. The summed E-state index contributed by atoms with van der Waals surface area (Å²) in [6.07, 6.45) is 4.94. The van der Waals surface area contributed by atoms with E-state index in [4.69, 9.17) is 5.73 Å². The van der Waals surface area contributed by atoms with Gasteiger partial charge in [0.1, 0.15) is 0 Å². The second kappa shape index (κ2) is 6.61. The number of rotatable bonds is 6. The first kappa shape index (κ1) is 14.0. The average molecular weight is 226 g/mol. The fourth-order valence-electron chi connectivity index (χ4n) is 3.02. The summed E-state index contributed by atoms with van der Waals surface area (Å²) >= 11 is 0. The lowest BCUT2D eigenvalue weighted by Crippen LogP contribution is -2.46. The zero-order valence-electron chi connectivity index (χ0n) is 11.6. The maximum absolute atomic E-state index is 6.30. The van der Waals surface area contributed by atoms with Gasteiger partial charge in [0, 0.05) is 18.6 Å². The molecule has 2 heteroatoms. The smallest absolute Gasteiger partial charge is 0.0244 e. The fourth-order valence-corrected chi connectivity index (χ4v) is 3.02. The molecule has 16 heavy (non-hydrogen) atoms. The van der Waals surface area contributed by atoms with E-state index in [1.807, 2.05) is 0 Å². The Morgan fingerprint density at radius 2 is 2.00 bits per heavy atom. The second-order valence-corrected chi connectivity index (χ2v) is 5.72. The van der Waals surface area contributed by atoms with Crippen LogP contribution in [0.15, 0.2) is 0 Å². The third-order valence-corrected chi connectivity index (χ3v) is 4.20. The molecule has 1 heterocycles. The van der Waals surface area contributed by atoms with Crippen molar-refractivity contribution in [3.63, 3.8) is 0 Å². The van der Waals surface area contributed by atoms with Crippen molar-refractivity contribution in [1.29, 1.82) is 0 Å². The molecule has 0 aromatic carbocycles. The van der Waals surface area contributed by atoms with Crippen molar-refractivity contribution in [2.24, 2.45) is 17.6 Å². The number of hydrogen-bond acceptors (Lipinski definition) is 2. The molecule has 0 radical (unpaired) electrons. The molecule has 2 nitrogen and oxygen atoms in total. The summed E-state index contributed by atoms with van der Waals surface area (Å²) in [4.78, 5) is 2.64. The highest BCUT2D eigenvalue weighted by atomic mass is 15.2. The Morgan fingerprint density at radius 1 is 1.31 bits per heavy atom. The zero-order valence-corrected chi connectivity index (χ0v) is 11.6. The Hall–Kier alpha value is -0.0800. The van der Waals surface area contributed by atoms with E-state index in [2.05, 4.69) is 32.6 Å². The number of nitrogens with zero attached hydrogens (tertiary/aromatic N) is 1. The maximum Gasteiger partial charge on any atom is 0.0244 e. The molecule has 3 unspecified atom stereocenters. The Kier molecular flexibility index (Phi) is 5.77. The van der Waals surface area contributed by atoms with Crippen LogP contribution in [0.5, 0.6) is 0 Å². The number of nitrogens with two attached hydrogens (primary N) is 1. The van der Waals surface area contributed by atoms with Crippen molar-refractivity contribution in [2.75, 3.05) is 13.1 Å². The molecule has 1 rings (SSSR count). The summed E-state index contributed by atoms with van der Waals surface area (Å²) in [5.74, 6) is 1.72. The molecule has 0 bridgehead atoms. The SMILES string of the molecule is CCCC(N)C(CC)N1CCC(C(C)C)C1. The lowest BCUT2D eigenvalue weighted by molar-refractivity contribution is 0.186.